The highest BCUT2D eigenvalue weighted by Gasteiger charge is 2.27. The Morgan fingerprint density at radius 3 is 2.83 bits per heavy atom. The Morgan fingerprint density at radius 1 is 1.35 bits per heavy atom. The zero-order valence-electron chi connectivity index (χ0n) is 13.0. The van der Waals surface area contributed by atoms with Crippen LogP contribution in [0.5, 0.6) is 0 Å². The minimum Gasteiger partial charge on any atom is -0.395 e. The molecule has 3 rings (SSSR count). The van der Waals surface area contributed by atoms with E-state index in [1.165, 1.54) is 12.1 Å². The van der Waals surface area contributed by atoms with Gasteiger partial charge in [-0.25, -0.2) is 0 Å². The van der Waals surface area contributed by atoms with Gasteiger partial charge >= 0.3 is 0 Å². The van der Waals surface area contributed by atoms with Gasteiger partial charge in [0.15, 0.2) is 0 Å². The van der Waals surface area contributed by atoms with Gasteiger partial charge < -0.3 is 14.6 Å². The molecule has 1 aliphatic rings. The summed E-state index contributed by atoms with van der Waals surface area (Å²) in [7, 11) is 1.76. The number of carbonyl (C=O) groups is 1. The summed E-state index contributed by atoms with van der Waals surface area (Å²) in [6.45, 7) is 0.895. The summed E-state index contributed by atoms with van der Waals surface area (Å²) in [5.41, 5.74) is 2.19. The van der Waals surface area contributed by atoms with Crippen molar-refractivity contribution in [1.82, 2.24) is 9.47 Å². The molecular formula is C16H19N3O4. The number of carbonyl (C=O) groups excluding carboxylic acids is 1. The van der Waals surface area contributed by atoms with E-state index in [0.29, 0.717) is 25.2 Å². The maximum atomic E-state index is 12.8. The topological polar surface area (TPSA) is 88.6 Å². The zero-order valence-corrected chi connectivity index (χ0v) is 13.0. The maximum Gasteiger partial charge on any atom is 0.270 e. The summed E-state index contributed by atoms with van der Waals surface area (Å²) in [5, 5.41) is 21.2. The van der Waals surface area contributed by atoms with Gasteiger partial charge in [-0.05, 0) is 30.9 Å². The smallest absolute Gasteiger partial charge is 0.270 e. The number of nitro groups is 1. The first-order chi connectivity index (χ1) is 11.0. The highest BCUT2D eigenvalue weighted by Crippen LogP contribution is 2.32. The van der Waals surface area contributed by atoms with E-state index in [2.05, 4.69) is 0 Å². The van der Waals surface area contributed by atoms with Gasteiger partial charge in [0, 0.05) is 43.2 Å². The highest BCUT2D eigenvalue weighted by atomic mass is 16.6. The van der Waals surface area contributed by atoms with E-state index in [1.54, 1.807) is 22.6 Å². The number of benzene rings is 1. The fraction of sp³-hybridized carbons (Fsp3) is 0.438. The number of nitro benzene ring substituents is 1. The third kappa shape index (κ3) is 2.57. The van der Waals surface area contributed by atoms with Crippen molar-refractivity contribution in [1.29, 1.82) is 0 Å². The van der Waals surface area contributed by atoms with Crippen LogP contribution in [0.3, 0.4) is 0 Å². The summed E-state index contributed by atoms with van der Waals surface area (Å²) < 4.78 is 1.79. The predicted molar refractivity (Wildman–Crippen MR) is 85.6 cm³/mol. The van der Waals surface area contributed by atoms with Crippen molar-refractivity contribution in [2.75, 3.05) is 20.2 Å². The summed E-state index contributed by atoms with van der Waals surface area (Å²) in [4.78, 5) is 25.1. The van der Waals surface area contributed by atoms with Crippen LogP contribution in [0.4, 0.5) is 5.69 Å². The molecule has 2 aromatic rings. The summed E-state index contributed by atoms with van der Waals surface area (Å²) in [6.07, 6.45) is 2.54. The van der Waals surface area contributed by atoms with E-state index < -0.39 is 4.92 Å². The van der Waals surface area contributed by atoms with Crippen LogP contribution in [0.1, 0.15) is 28.9 Å². The fourth-order valence-electron chi connectivity index (χ4n) is 3.29. The molecule has 2 heterocycles. The molecule has 1 aromatic heterocycles. The second-order valence-corrected chi connectivity index (χ2v) is 5.84. The summed E-state index contributed by atoms with van der Waals surface area (Å²) >= 11 is 0. The second kappa shape index (κ2) is 6.00. The molecule has 0 saturated carbocycles. The third-order valence-corrected chi connectivity index (χ3v) is 4.41. The van der Waals surface area contributed by atoms with E-state index >= 15 is 0 Å². The molecule has 0 aliphatic carbocycles. The average molecular weight is 317 g/mol. The van der Waals surface area contributed by atoms with Crippen LogP contribution < -0.4 is 0 Å². The lowest BCUT2D eigenvalue weighted by Gasteiger charge is -2.22. The lowest BCUT2D eigenvalue weighted by atomic mass is 10.0. The van der Waals surface area contributed by atoms with Gasteiger partial charge in [0.2, 0.25) is 0 Å². The summed E-state index contributed by atoms with van der Waals surface area (Å²) in [6, 6.07) is 4.65. The molecule has 0 spiro atoms. The number of hydrogen-bond donors (Lipinski definition) is 1. The van der Waals surface area contributed by atoms with Crippen LogP contribution in [0, 0.1) is 10.1 Å². The Morgan fingerprint density at radius 2 is 2.13 bits per heavy atom. The normalized spacial score (nSPS) is 15.4. The molecule has 7 nitrogen and oxygen atoms in total. The number of nitrogens with zero attached hydrogens (tertiary/aromatic N) is 3. The molecule has 0 atom stereocenters. The molecule has 23 heavy (non-hydrogen) atoms. The van der Waals surface area contributed by atoms with Gasteiger partial charge in [-0.1, -0.05) is 0 Å². The minimum absolute atomic E-state index is 0.0179. The van der Waals surface area contributed by atoms with Crippen molar-refractivity contribution < 1.29 is 14.8 Å². The highest BCUT2D eigenvalue weighted by molar-refractivity contribution is 6.02. The number of aliphatic hydroxyl groups excluding tert-OH is 1. The number of rotatable bonds is 3. The Hall–Kier alpha value is -2.41. The maximum absolute atomic E-state index is 12.8. The SMILES string of the molecule is CN1CCCCc2c(n(CCO)c3ccc([N+](=O)[O-])cc23)C1=O. The molecule has 0 unspecified atom stereocenters. The van der Waals surface area contributed by atoms with Crippen molar-refractivity contribution in [3.8, 4) is 0 Å². The Labute approximate surface area is 133 Å². The first-order valence-electron chi connectivity index (χ1n) is 7.70. The largest absolute Gasteiger partial charge is 0.395 e. The van der Waals surface area contributed by atoms with Crippen LogP contribution in [0.15, 0.2) is 18.2 Å². The van der Waals surface area contributed by atoms with Gasteiger partial charge in [-0.3, -0.25) is 14.9 Å². The van der Waals surface area contributed by atoms with Crippen molar-refractivity contribution in [2.24, 2.45) is 0 Å². The molecule has 1 amide bonds. The zero-order chi connectivity index (χ0) is 16.6. The van der Waals surface area contributed by atoms with Gasteiger partial charge in [-0.15, -0.1) is 0 Å². The molecule has 0 radical (unpaired) electrons. The number of aromatic nitrogens is 1. The Balaban J connectivity index is 2.31. The third-order valence-electron chi connectivity index (χ3n) is 4.41. The van der Waals surface area contributed by atoms with Crippen LogP contribution >= 0.6 is 0 Å². The Kier molecular flexibility index (Phi) is 4.04. The number of fused-ring (bicyclic) bond motifs is 3. The molecule has 1 aromatic carbocycles. The monoisotopic (exact) mass is 317 g/mol. The predicted octanol–water partition coefficient (Wildman–Crippen LogP) is 1.95. The van der Waals surface area contributed by atoms with Crippen molar-refractivity contribution in [2.45, 2.75) is 25.8 Å². The standard InChI is InChI=1S/C16H19N3O4/c1-17-7-3-2-4-12-13-10-11(19(22)23)5-6-14(13)18(8-9-20)15(12)16(17)21/h5-6,10,20H,2-4,7-9H2,1H3. The van der Waals surface area contributed by atoms with Gasteiger partial charge in [0.05, 0.1) is 11.5 Å². The van der Waals surface area contributed by atoms with Crippen molar-refractivity contribution in [3.05, 3.63) is 39.6 Å². The van der Waals surface area contributed by atoms with E-state index in [-0.39, 0.29) is 18.2 Å². The van der Waals surface area contributed by atoms with E-state index in [4.69, 9.17) is 0 Å². The second-order valence-electron chi connectivity index (χ2n) is 5.84. The summed E-state index contributed by atoms with van der Waals surface area (Å²) in [5.74, 6) is -0.0907. The van der Waals surface area contributed by atoms with Crippen LogP contribution in [-0.2, 0) is 13.0 Å². The number of amides is 1. The van der Waals surface area contributed by atoms with Gasteiger partial charge in [0.1, 0.15) is 5.69 Å². The van der Waals surface area contributed by atoms with Crippen LogP contribution in [-0.4, -0.2) is 45.6 Å². The molecule has 122 valence electrons. The molecule has 1 aliphatic heterocycles. The van der Waals surface area contributed by atoms with Crippen LogP contribution in [0.2, 0.25) is 0 Å². The van der Waals surface area contributed by atoms with Crippen molar-refractivity contribution >= 4 is 22.5 Å². The number of hydrogen-bond acceptors (Lipinski definition) is 4. The van der Waals surface area contributed by atoms with E-state index in [0.717, 1.165) is 29.3 Å². The first kappa shape index (κ1) is 15.5. The lowest BCUT2D eigenvalue weighted by Crippen LogP contribution is -2.32. The van der Waals surface area contributed by atoms with Gasteiger partial charge in [0.25, 0.3) is 11.6 Å². The van der Waals surface area contributed by atoms with Crippen LogP contribution in [0.25, 0.3) is 10.9 Å². The van der Waals surface area contributed by atoms with Crippen molar-refractivity contribution in [3.63, 3.8) is 0 Å². The Bertz CT molecular complexity index is 781. The fourth-order valence-corrected chi connectivity index (χ4v) is 3.29. The molecule has 0 fully saturated rings. The molecule has 0 saturated heterocycles. The minimum atomic E-state index is -0.425. The molecule has 1 N–H and O–H groups in total. The quantitative estimate of drug-likeness (QED) is 0.692. The molecule has 7 heteroatoms. The van der Waals surface area contributed by atoms with Gasteiger partial charge in [-0.2, -0.15) is 0 Å². The van der Waals surface area contributed by atoms with E-state index in [9.17, 15) is 20.0 Å². The number of aryl methyl sites for hydroxylation is 1. The first-order valence-corrected chi connectivity index (χ1v) is 7.70. The number of aliphatic hydroxyl groups is 1. The lowest BCUT2D eigenvalue weighted by molar-refractivity contribution is -0.384. The number of non-ortho nitro benzene ring substituents is 1. The molecular weight excluding hydrogens is 298 g/mol. The average Bonchev–Trinajstić information content (AvgIpc) is 2.82. The van der Waals surface area contributed by atoms with E-state index in [1.807, 2.05) is 0 Å². The molecule has 0 bridgehead atoms.